The van der Waals surface area contributed by atoms with Crippen LogP contribution in [0.1, 0.15) is 0 Å². The molecule has 1 fully saturated rings. The summed E-state index contributed by atoms with van der Waals surface area (Å²) in [5.41, 5.74) is 0. The largest absolute Gasteiger partial charge is 0.389 e. The molecule has 66 valence electrons. The van der Waals surface area contributed by atoms with Crippen molar-refractivity contribution in [3.05, 3.63) is 0 Å². The van der Waals surface area contributed by atoms with Crippen molar-refractivity contribution in [3.63, 3.8) is 0 Å². The minimum absolute atomic E-state index is 0.190. The molecule has 11 heavy (non-hydrogen) atoms. The van der Waals surface area contributed by atoms with Crippen LogP contribution in [-0.4, -0.2) is 57.9 Å². The molecule has 5 heteroatoms. The Balaban J connectivity index is 2.58. The van der Waals surface area contributed by atoms with Crippen LogP contribution in [0.3, 0.4) is 0 Å². The lowest BCUT2D eigenvalue weighted by Gasteiger charge is -2.21. The zero-order valence-electron chi connectivity index (χ0n) is 6.01. The SMILES string of the molecule is O[C@@H]1[C@@H](O)[C@H](O)CNC[C@H]1O. The lowest BCUT2D eigenvalue weighted by atomic mass is 10.1. The van der Waals surface area contributed by atoms with E-state index in [1.165, 1.54) is 0 Å². The monoisotopic (exact) mass is 163 g/mol. The molecular weight excluding hydrogens is 150 g/mol. The van der Waals surface area contributed by atoms with Crippen LogP contribution in [0.15, 0.2) is 0 Å². The first-order valence-corrected chi connectivity index (χ1v) is 3.56. The van der Waals surface area contributed by atoms with Crippen LogP contribution in [0.4, 0.5) is 0 Å². The van der Waals surface area contributed by atoms with E-state index in [0.29, 0.717) is 0 Å². The molecule has 5 nitrogen and oxygen atoms in total. The Morgan fingerprint density at radius 1 is 0.818 bits per heavy atom. The van der Waals surface area contributed by atoms with E-state index in [4.69, 9.17) is 20.4 Å². The maximum atomic E-state index is 9.10. The van der Waals surface area contributed by atoms with Gasteiger partial charge in [0, 0.05) is 13.1 Å². The minimum Gasteiger partial charge on any atom is -0.389 e. The average Bonchev–Trinajstić information content (AvgIpc) is 2.07. The first-order valence-electron chi connectivity index (χ1n) is 3.56. The quantitative estimate of drug-likeness (QED) is 0.263. The Morgan fingerprint density at radius 3 is 1.55 bits per heavy atom. The number of hydrogen-bond acceptors (Lipinski definition) is 5. The summed E-state index contributed by atoms with van der Waals surface area (Å²) >= 11 is 0. The maximum Gasteiger partial charge on any atom is 0.110 e. The third kappa shape index (κ3) is 1.88. The number of nitrogens with one attached hydrogen (secondary N) is 1. The topological polar surface area (TPSA) is 93.0 Å². The summed E-state index contributed by atoms with van der Waals surface area (Å²) in [5, 5.41) is 39.0. The van der Waals surface area contributed by atoms with Gasteiger partial charge in [0.25, 0.3) is 0 Å². The molecule has 1 aliphatic rings. The summed E-state index contributed by atoms with van der Waals surface area (Å²) in [6.07, 6.45) is -4.55. The normalized spacial score (nSPS) is 46.9. The maximum absolute atomic E-state index is 9.10. The van der Waals surface area contributed by atoms with Gasteiger partial charge >= 0.3 is 0 Å². The third-order valence-electron chi connectivity index (χ3n) is 1.85. The van der Waals surface area contributed by atoms with E-state index >= 15 is 0 Å². The smallest absolute Gasteiger partial charge is 0.110 e. The van der Waals surface area contributed by atoms with E-state index in [0.717, 1.165) is 0 Å². The van der Waals surface area contributed by atoms with Crippen molar-refractivity contribution in [2.24, 2.45) is 0 Å². The van der Waals surface area contributed by atoms with Gasteiger partial charge < -0.3 is 25.7 Å². The van der Waals surface area contributed by atoms with E-state index in [1.54, 1.807) is 0 Å². The molecule has 5 N–H and O–H groups in total. The molecular formula is C6H13NO4. The molecule has 4 atom stereocenters. The number of rotatable bonds is 0. The molecule has 1 rings (SSSR count). The van der Waals surface area contributed by atoms with Crippen LogP contribution in [0.25, 0.3) is 0 Å². The fraction of sp³-hybridized carbons (Fsp3) is 1.00. The van der Waals surface area contributed by atoms with E-state index in [9.17, 15) is 0 Å². The summed E-state index contributed by atoms with van der Waals surface area (Å²) in [5.74, 6) is 0. The Bertz CT molecular complexity index is 118. The second-order valence-electron chi connectivity index (χ2n) is 2.77. The molecule has 0 aromatic carbocycles. The highest BCUT2D eigenvalue weighted by atomic mass is 16.4. The van der Waals surface area contributed by atoms with Gasteiger partial charge in [0.1, 0.15) is 12.2 Å². The van der Waals surface area contributed by atoms with Crippen molar-refractivity contribution in [2.45, 2.75) is 24.4 Å². The van der Waals surface area contributed by atoms with Crippen LogP contribution in [-0.2, 0) is 0 Å². The van der Waals surface area contributed by atoms with Crippen molar-refractivity contribution < 1.29 is 20.4 Å². The van der Waals surface area contributed by atoms with Gasteiger partial charge in [-0.2, -0.15) is 0 Å². The Labute approximate surface area is 64.3 Å². The molecule has 1 saturated heterocycles. The van der Waals surface area contributed by atoms with Crippen molar-refractivity contribution in [1.82, 2.24) is 5.32 Å². The van der Waals surface area contributed by atoms with Crippen LogP contribution in [0.2, 0.25) is 0 Å². The van der Waals surface area contributed by atoms with E-state index < -0.39 is 24.4 Å². The zero-order valence-corrected chi connectivity index (χ0v) is 6.01. The molecule has 0 bridgehead atoms. The molecule has 0 saturated carbocycles. The third-order valence-corrected chi connectivity index (χ3v) is 1.85. The Morgan fingerprint density at radius 2 is 1.18 bits per heavy atom. The molecule has 0 spiro atoms. The van der Waals surface area contributed by atoms with Gasteiger partial charge in [0.2, 0.25) is 0 Å². The van der Waals surface area contributed by atoms with E-state index in [-0.39, 0.29) is 13.1 Å². The van der Waals surface area contributed by atoms with Gasteiger partial charge in [-0.25, -0.2) is 0 Å². The summed E-state index contributed by atoms with van der Waals surface area (Å²) < 4.78 is 0. The van der Waals surface area contributed by atoms with Crippen molar-refractivity contribution in [2.75, 3.05) is 13.1 Å². The lowest BCUT2D eigenvalue weighted by molar-refractivity contribution is -0.0894. The number of aliphatic hydroxyl groups excluding tert-OH is 4. The fourth-order valence-corrected chi connectivity index (χ4v) is 1.08. The Kier molecular flexibility index (Phi) is 2.80. The summed E-state index contributed by atoms with van der Waals surface area (Å²) in [6, 6.07) is 0. The van der Waals surface area contributed by atoms with Crippen LogP contribution < -0.4 is 5.32 Å². The molecule has 1 aliphatic heterocycles. The van der Waals surface area contributed by atoms with Gasteiger partial charge in [0.05, 0.1) is 12.2 Å². The predicted octanol–water partition coefficient (Wildman–Crippen LogP) is -2.97. The first kappa shape index (κ1) is 8.89. The standard InChI is InChI=1S/C6H13NO4/c8-3-1-7-2-4(9)6(11)5(3)10/h3-11H,1-2H2/t3-,4-,5+,6+/m1/s1. The molecule has 0 aromatic heterocycles. The van der Waals surface area contributed by atoms with Gasteiger partial charge in [0.15, 0.2) is 0 Å². The molecule has 0 amide bonds. The highest BCUT2D eigenvalue weighted by molar-refractivity contribution is 4.86. The minimum atomic E-state index is -1.26. The second kappa shape index (κ2) is 3.46. The molecule has 0 aliphatic carbocycles. The van der Waals surface area contributed by atoms with Crippen molar-refractivity contribution in [1.29, 1.82) is 0 Å². The Hall–Kier alpha value is -0.200. The number of β-amino-alcohol motifs (C(OH)–C–C–N with tert-alkyl or cyclic N) is 2. The first-order chi connectivity index (χ1) is 5.13. The molecule has 0 unspecified atom stereocenters. The number of hydrogen-bond donors (Lipinski definition) is 5. The van der Waals surface area contributed by atoms with Gasteiger partial charge in [-0.3, -0.25) is 0 Å². The van der Waals surface area contributed by atoms with Gasteiger partial charge in [-0.1, -0.05) is 0 Å². The van der Waals surface area contributed by atoms with Crippen LogP contribution >= 0.6 is 0 Å². The van der Waals surface area contributed by atoms with Gasteiger partial charge in [-0.05, 0) is 0 Å². The van der Waals surface area contributed by atoms with Crippen molar-refractivity contribution in [3.8, 4) is 0 Å². The van der Waals surface area contributed by atoms with Crippen LogP contribution in [0.5, 0.6) is 0 Å². The fourth-order valence-electron chi connectivity index (χ4n) is 1.08. The highest BCUT2D eigenvalue weighted by Gasteiger charge is 2.32. The zero-order chi connectivity index (χ0) is 8.43. The summed E-state index contributed by atoms with van der Waals surface area (Å²) in [4.78, 5) is 0. The summed E-state index contributed by atoms with van der Waals surface area (Å²) in [7, 11) is 0. The van der Waals surface area contributed by atoms with Gasteiger partial charge in [-0.15, -0.1) is 0 Å². The second-order valence-corrected chi connectivity index (χ2v) is 2.77. The predicted molar refractivity (Wildman–Crippen MR) is 36.9 cm³/mol. The molecule has 0 radical (unpaired) electrons. The summed E-state index contributed by atoms with van der Waals surface area (Å²) in [6.45, 7) is 0.380. The van der Waals surface area contributed by atoms with E-state index in [1.807, 2.05) is 0 Å². The lowest BCUT2D eigenvalue weighted by Crippen LogP contribution is -2.43. The van der Waals surface area contributed by atoms with Crippen molar-refractivity contribution >= 4 is 0 Å². The number of aliphatic hydroxyl groups is 4. The average molecular weight is 163 g/mol. The van der Waals surface area contributed by atoms with E-state index in [2.05, 4.69) is 5.32 Å². The molecule has 0 aromatic rings. The van der Waals surface area contributed by atoms with Crippen LogP contribution in [0, 0.1) is 0 Å². The molecule has 1 heterocycles. The highest BCUT2D eigenvalue weighted by Crippen LogP contribution is 2.07.